The molecule has 4 rings (SSSR count). The summed E-state index contributed by atoms with van der Waals surface area (Å²) >= 11 is 0. The molecule has 0 spiro atoms. The molecule has 1 N–H and O–H groups in total. The predicted molar refractivity (Wildman–Crippen MR) is 123 cm³/mol. The number of hydrogen-bond donors (Lipinski definition) is 1. The third-order valence-corrected chi connectivity index (χ3v) is 5.14. The molecule has 1 aromatic carbocycles. The summed E-state index contributed by atoms with van der Waals surface area (Å²) in [5.74, 6) is 1.74. The van der Waals surface area contributed by atoms with Crippen LogP contribution in [0, 0.1) is 6.92 Å². The SMILES string of the molecule is COCCN(C)c1cc(C(=O)Nc2cccc(-c3nc(C)no3)c2)nc(N2CCOCC2)n1. The largest absolute Gasteiger partial charge is 0.383 e. The van der Waals surface area contributed by atoms with Gasteiger partial charge in [0.05, 0.1) is 19.8 Å². The van der Waals surface area contributed by atoms with Crippen LogP contribution in [0.3, 0.4) is 0 Å². The van der Waals surface area contributed by atoms with E-state index in [0.29, 0.717) is 74.2 Å². The van der Waals surface area contributed by atoms with Gasteiger partial charge in [0, 0.05) is 51.1 Å². The van der Waals surface area contributed by atoms with E-state index in [1.807, 2.05) is 29.0 Å². The number of nitrogens with zero attached hydrogens (tertiary/aromatic N) is 6. The van der Waals surface area contributed by atoms with Crippen LogP contribution < -0.4 is 15.1 Å². The van der Waals surface area contributed by atoms with Crippen LogP contribution in [0.25, 0.3) is 11.5 Å². The Bertz CT molecular complexity index is 1100. The number of nitrogens with one attached hydrogen (secondary N) is 1. The van der Waals surface area contributed by atoms with E-state index in [1.165, 1.54) is 0 Å². The monoisotopic (exact) mass is 453 g/mol. The van der Waals surface area contributed by atoms with E-state index in [1.54, 1.807) is 32.2 Å². The summed E-state index contributed by atoms with van der Waals surface area (Å²) in [7, 11) is 3.55. The molecule has 1 aliphatic rings. The van der Waals surface area contributed by atoms with Crippen LogP contribution in [0.5, 0.6) is 0 Å². The summed E-state index contributed by atoms with van der Waals surface area (Å²) in [6, 6.07) is 8.90. The smallest absolute Gasteiger partial charge is 0.274 e. The van der Waals surface area contributed by atoms with Crippen LogP contribution in [0.15, 0.2) is 34.9 Å². The molecular formula is C22H27N7O4. The number of likely N-dealkylation sites (N-methyl/N-ethyl adjacent to an activating group) is 1. The Hall–Kier alpha value is -3.57. The van der Waals surface area contributed by atoms with E-state index in [4.69, 9.17) is 14.0 Å². The van der Waals surface area contributed by atoms with Gasteiger partial charge in [0.1, 0.15) is 11.5 Å². The van der Waals surface area contributed by atoms with E-state index in [2.05, 4.69) is 25.4 Å². The van der Waals surface area contributed by atoms with Crippen molar-refractivity contribution in [3.63, 3.8) is 0 Å². The molecule has 3 heterocycles. The summed E-state index contributed by atoms with van der Waals surface area (Å²) in [5, 5.41) is 6.72. The van der Waals surface area contributed by atoms with Gasteiger partial charge >= 0.3 is 0 Å². The zero-order chi connectivity index (χ0) is 23.2. The summed E-state index contributed by atoms with van der Waals surface area (Å²) in [5.41, 5.74) is 1.57. The van der Waals surface area contributed by atoms with Crippen LogP contribution in [-0.2, 0) is 9.47 Å². The summed E-state index contributed by atoms with van der Waals surface area (Å²) in [6.07, 6.45) is 0. The molecule has 0 radical (unpaired) electrons. The van der Waals surface area contributed by atoms with Crippen molar-refractivity contribution >= 4 is 23.4 Å². The molecule has 0 unspecified atom stereocenters. The van der Waals surface area contributed by atoms with Gasteiger partial charge in [-0.25, -0.2) is 4.98 Å². The molecule has 11 nitrogen and oxygen atoms in total. The molecule has 1 fully saturated rings. The summed E-state index contributed by atoms with van der Waals surface area (Å²) < 4.78 is 15.8. The number of benzene rings is 1. The van der Waals surface area contributed by atoms with Gasteiger partial charge in [0.15, 0.2) is 5.82 Å². The zero-order valence-electron chi connectivity index (χ0n) is 18.9. The molecule has 1 aliphatic heterocycles. The van der Waals surface area contributed by atoms with E-state index in [-0.39, 0.29) is 11.6 Å². The topological polar surface area (TPSA) is 119 Å². The average Bonchev–Trinajstić information content (AvgIpc) is 3.29. The van der Waals surface area contributed by atoms with Crippen molar-refractivity contribution in [2.45, 2.75) is 6.92 Å². The fraction of sp³-hybridized carbons (Fsp3) is 0.409. The second-order valence-electron chi connectivity index (χ2n) is 7.61. The zero-order valence-corrected chi connectivity index (χ0v) is 18.9. The van der Waals surface area contributed by atoms with Crippen molar-refractivity contribution in [2.75, 3.05) is 68.7 Å². The molecular weight excluding hydrogens is 426 g/mol. The Morgan fingerprint density at radius 1 is 1.21 bits per heavy atom. The molecule has 0 bridgehead atoms. The number of aromatic nitrogens is 4. The number of rotatable bonds is 8. The maximum Gasteiger partial charge on any atom is 0.274 e. The highest BCUT2D eigenvalue weighted by molar-refractivity contribution is 6.03. The first kappa shape index (κ1) is 22.6. The van der Waals surface area contributed by atoms with Gasteiger partial charge in [-0.2, -0.15) is 9.97 Å². The molecule has 0 atom stereocenters. The van der Waals surface area contributed by atoms with Gasteiger partial charge in [-0.1, -0.05) is 11.2 Å². The number of anilines is 3. The normalized spacial score (nSPS) is 13.7. The molecule has 11 heteroatoms. The molecule has 1 amide bonds. The highest BCUT2D eigenvalue weighted by Crippen LogP contribution is 2.23. The number of hydrogen-bond acceptors (Lipinski definition) is 10. The maximum atomic E-state index is 13.2. The molecule has 174 valence electrons. The Kier molecular flexibility index (Phi) is 7.10. The highest BCUT2D eigenvalue weighted by atomic mass is 16.5. The van der Waals surface area contributed by atoms with Crippen LogP contribution in [-0.4, -0.2) is 79.6 Å². The van der Waals surface area contributed by atoms with E-state index in [0.717, 1.165) is 0 Å². The van der Waals surface area contributed by atoms with Gasteiger partial charge in [0.25, 0.3) is 11.8 Å². The second kappa shape index (κ2) is 10.4. The standard InChI is InChI=1S/C22H27N7O4/c1-15-23-21(33-27-15)16-5-4-6-17(13-16)24-20(30)18-14-19(28(2)7-10-31-3)26-22(25-18)29-8-11-32-12-9-29/h4-6,13-14H,7-12H2,1-3H3,(H,24,30). The Morgan fingerprint density at radius 2 is 2.03 bits per heavy atom. The van der Waals surface area contributed by atoms with Crippen molar-refractivity contribution in [2.24, 2.45) is 0 Å². The lowest BCUT2D eigenvalue weighted by atomic mass is 10.2. The Labute approximate surface area is 191 Å². The van der Waals surface area contributed by atoms with E-state index >= 15 is 0 Å². The van der Waals surface area contributed by atoms with Crippen LogP contribution in [0.2, 0.25) is 0 Å². The fourth-order valence-corrected chi connectivity index (χ4v) is 3.32. The molecule has 0 saturated carbocycles. The maximum absolute atomic E-state index is 13.2. The van der Waals surface area contributed by atoms with Gasteiger partial charge in [0.2, 0.25) is 5.95 Å². The van der Waals surface area contributed by atoms with Crippen molar-refractivity contribution in [1.29, 1.82) is 0 Å². The molecule has 33 heavy (non-hydrogen) atoms. The van der Waals surface area contributed by atoms with Crippen LogP contribution in [0.1, 0.15) is 16.3 Å². The summed E-state index contributed by atoms with van der Waals surface area (Å²) in [6.45, 7) is 5.43. The van der Waals surface area contributed by atoms with Crippen LogP contribution >= 0.6 is 0 Å². The van der Waals surface area contributed by atoms with Gasteiger partial charge in [-0.05, 0) is 25.1 Å². The number of morpholine rings is 1. The quantitative estimate of drug-likeness (QED) is 0.542. The summed E-state index contributed by atoms with van der Waals surface area (Å²) in [4.78, 5) is 30.6. The number of ether oxygens (including phenoxy) is 2. The first-order valence-electron chi connectivity index (χ1n) is 10.7. The minimum atomic E-state index is -0.341. The first-order valence-corrected chi connectivity index (χ1v) is 10.7. The lowest BCUT2D eigenvalue weighted by Gasteiger charge is -2.28. The fourth-order valence-electron chi connectivity index (χ4n) is 3.32. The Balaban J connectivity index is 1.59. The lowest BCUT2D eigenvalue weighted by Crippen LogP contribution is -2.38. The number of aryl methyl sites for hydroxylation is 1. The van der Waals surface area contributed by atoms with E-state index < -0.39 is 0 Å². The van der Waals surface area contributed by atoms with Crippen molar-refractivity contribution in [3.05, 3.63) is 41.9 Å². The number of carbonyl (C=O) groups is 1. The lowest BCUT2D eigenvalue weighted by molar-refractivity contribution is 0.102. The third-order valence-electron chi connectivity index (χ3n) is 5.14. The highest BCUT2D eigenvalue weighted by Gasteiger charge is 2.20. The number of amides is 1. The third kappa shape index (κ3) is 5.62. The van der Waals surface area contributed by atoms with Crippen molar-refractivity contribution in [1.82, 2.24) is 20.1 Å². The van der Waals surface area contributed by atoms with Gasteiger partial charge in [-0.3, -0.25) is 4.79 Å². The second-order valence-corrected chi connectivity index (χ2v) is 7.61. The minimum absolute atomic E-state index is 0.268. The van der Waals surface area contributed by atoms with Gasteiger partial charge < -0.3 is 29.1 Å². The van der Waals surface area contributed by atoms with Crippen molar-refractivity contribution in [3.8, 4) is 11.5 Å². The average molecular weight is 454 g/mol. The molecule has 1 saturated heterocycles. The minimum Gasteiger partial charge on any atom is -0.383 e. The number of methoxy groups -OCH3 is 1. The molecule has 2 aromatic heterocycles. The first-order chi connectivity index (χ1) is 16.0. The van der Waals surface area contributed by atoms with Crippen molar-refractivity contribution < 1.29 is 18.8 Å². The van der Waals surface area contributed by atoms with E-state index in [9.17, 15) is 4.79 Å². The Morgan fingerprint density at radius 3 is 2.76 bits per heavy atom. The van der Waals surface area contributed by atoms with Crippen LogP contribution in [0.4, 0.5) is 17.5 Å². The number of carbonyl (C=O) groups excluding carboxylic acids is 1. The van der Waals surface area contributed by atoms with Gasteiger partial charge in [-0.15, -0.1) is 0 Å². The molecule has 3 aromatic rings. The predicted octanol–water partition coefficient (Wildman–Crippen LogP) is 2.01. The molecule has 0 aliphatic carbocycles.